The van der Waals surface area contributed by atoms with E-state index < -0.39 is 0 Å². The van der Waals surface area contributed by atoms with E-state index in [9.17, 15) is 4.79 Å². The summed E-state index contributed by atoms with van der Waals surface area (Å²) in [6.07, 6.45) is 6.02. The Morgan fingerprint density at radius 3 is 2.57 bits per heavy atom. The van der Waals surface area contributed by atoms with Crippen LogP contribution >= 0.6 is 0 Å². The van der Waals surface area contributed by atoms with Crippen LogP contribution in [0.5, 0.6) is 0 Å². The summed E-state index contributed by atoms with van der Waals surface area (Å²) in [7, 11) is 0. The van der Waals surface area contributed by atoms with Gasteiger partial charge in [-0.25, -0.2) is 0 Å². The van der Waals surface area contributed by atoms with Crippen LogP contribution in [0.4, 0.5) is 0 Å². The van der Waals surface area contributed by atoms with Gasteiger partial charge in [-0.3, -0.25) is 14.3 Å². The smallest absolute Gasteiger partial charge is 0.290 e. The van der Waals surface area contributed by atoms with Crippen LogP contribution in [0.25, 0.3) is 0 Å². The number of amides is 1. The maximum Gasteiger partial charge on any atom is 0.290 e. The number of nitrogens with zero attached hydrogens (tertiary/aromatic N) is 4. The second-order valence-corrected chi connectivity index (χ2v) is 7.46. The third kappa shape index (κ3) is 5.25. The quantitative estimate of drug-likeness (QED) is 0.756. The fourth-order valence-electron chi connectivity index (χ4n) is 4.19. The number of carbonyl (C=O) groups is 2. The maximum atomic E-state index is 13.3. The van der Waals surface area contributed by atoms with E-state index in [0.29, 0.717) is 18.7 Å². The molecule has 0 radical (unpaired) electrons. The van der Waals surface area contributed by atoms with Gasteiger partial charge in [-0.05, 0) is 38.4 Å². The molecular weight excluding hydrogens is 384 g/mol. The molecule has 30 heavy (non-hydrogen) atoms. The molecule has 2 fully saturated rings. The predicted octanol–water partition coefficient (Wildman–Crippen LogP) is 2.28. The fraction of sp³-hybridized carbons (Fsp3) is 0.500. The maximum absolute atomic E-state index is 13.3. The Kier molecular flexibility index (Phi) is 7.98. The summed E-state index contributed by atoms with van der Waals surface area (Å²) in [6, 6.07) is 10.2. The minimum Gasteiger partial charge on any atom is -0.483 e. The lowest BCUT2D eigenvalue weighted by atomic mass is 9.97. The topological polar surface area (TPSA) is 87.9 Å². The van der Waals surface area contributed by atoms with Crippen molar-refractivity contribution in [2.24, 2.45) is 0 Å². The average molecular weight is 415 g/mol. The van der Waals surface area contributed by atoms with Crippen LogP contribution in [0.2, 0.25) is 0 Å². The lowest BCUT2D eigenvalue weighted by molar-refractivity contribution is -0.122. The highest BCUT2D eigenvalue weighted by atomic mass is 16.5. The standard InChI is InChI=1S/C21H28N4O2.CH2O2/c1-2-24-15-18(14-22-24)21(26)25-12-13-27-19(16-23-10-6-7-11-23)20(25)17-8-4-3-5-9-17;2-1-3/h3-5,8-9,14-15,19-20H,2,6-7,10-13,16H2,1H3;1H,(H,2,3)/t19-,20-;/m0./s1. The van der Waals surface area contributed by atoms with Crippen molar-refractivity contribution in [3.8, 4) is 0 Å². The Morgan fingerprint density at radius 1 is 1.23 bits per heavy atom. The lowest BCUT2D eigenvalue weighted by Gasteiger charge is -2.42. The van der Waals surface area contributed by atoms with Crippen molar-refractivity contribution < 1.29 is 19.4 Å². The number of carbonyl (C=O) groups excluding carboxylic acids is 1. The molecule has 1 N–H and O–H groups in total. The van der Waals surface area contributed by atoms with E-state index in [4.69, 9.17) is 14.6 Å². The highest BCUT2D eigenvalue weighted by Crippen LogP contribution is 2.32. The first-order valence-corrected chi connectivity index (χ1v) is 10.5. The number of aromatic nitrogens is 2. The second-order valence-electron chi connectivity index (χ2n) is 7.46. The van der Waals surface area contributed by atoms with Crippen LogP contribution < -0.4 is 0 Å². The van der Waals surface area contributed by atoms with E-state index in [-0.39, 0.29) is 24.5 Å². The summed E-state index contributed by atoms with van der Waals surface area (Å²) in [5.74, 6) is 0.0401. The zero-order valence-corrected chi connectivity index (χ0v) is 17.4. The third-order valence-corrected chi connectivity index (χ3v) is 5.60. The third-order valence-electron chi connectivity index (χ3n) is 5.60. The predicted molar refractivity (Wildman–Crippen MR) is 112 cm³/mol. The summed E-state index contributed by atoms with van der Waals surface area (Å²) >= 11 is 0. The molecule has 4 rings (SSSR count). The number of aryl methyl sites for hydroxylation is 1. The molecule has 1 amide bonds. The fourth-order valence-corrected chi connectivity index (χ4v) is 4.19. The van der Waals surface area contributed by atoms with Gasteiger partial charge in [0.05, 0.1) is 30.5 Å². The van der Waals surface area contributed by atoms with Gasteiger partial charge in [0, 0.05) is 25.8 Å². The number of morpholine rings is 1. The molecule has 2 atom stereocenters. The molecule has 8 nitrogen and oxygen atoms in total. The van der Waals surface area contributed by atoms with Crippen molar-refractivity contribution in [1.29, 1.82) is 0 Å². The zero-order chi connectivity index (χ0) is 21.3. The van der Waals surface area contributed by atoms with E-state index in [0.717, 1.165) is 31.7 Å². The van der Waals surface area contributed by atoms with Crippen molar-refractivity contribution in [2.45, 2.75) is 38.5 Å². The van der Waals surface area contributed by atoms with E-state index in [2.05, 4.69) is 22.1 Å². The van der Waals surface area contributed by atoms with Crippen molar-refractivity contribution in [3.63, 3.8) is 0 Å². The Morgan fingerprint density at radius 2 is 1.93 bits per heavy atom. The number of hydrogen-bond donors (Lipinski definition) is 1. The van der Waals surface area contributed by atoms with Crippen molar-refractivity contribution in [3.05, 3.63) is 53.9 Å². The van der Waals surface area contributed by atoms with Gasteiger partial charge in [-0.15, -0.1) is 0 Å². The summed E-state index contributed by atoms with van der Waals surface area (Å²) in [5, 5.41) is 11.2. The van der Waals surface area contributed by atoms with Gasteiger partial charge >= 0.3 is 0 Å². The van der Waals surface area contributed by atoms with Crippen LogP contribution in [-0.4, -0.2) is 76.0 Å². The summed E-state index contributed by atoms with van der Waals surface area (Å²) in [4.78, 5) is 26.1. The first-order valence-electron chi connectivity index (χ1n) is 10.5. The molecule has 0 spiro atoms. The number of benzene rings is 1. The van der Waals surface area contributed by atoms with Gasteiger partial charge in [-0.1, -0.05) is 30.3 Å². The summed E-state index contributed by atoms with van der Waals surface area (Å²) in [6.45, 7) is 6.83. The highest BCUT2D eigenvalue weighted by Gasteiger charge is 2.38. The minimum absolute atomic E-state index is 0.00980. The van der Waals surface area contributed by atoms with Crippen LogP contribution in [0.3, 0.4) is 0 Å². The van der Waals surface area contributed by atoms with Crippen molar-refractivity contribution >= 4 is 12.4 Å². The SMILES string of the molecule is CCn1cc(C(=O)N2CCO[C@@H](CN3CCCC3)[C@@H]2c2ccccc2)cn1.O=CO. The van der Waals surface area contributed by atoms with E-state index in [1.54, 1.807) is 10.9 Å². The molecule has 0 saturated carbocycles. The van der Waals surface area contributed by atoms with Crippen molar-refractivity contribution in [1.82, 2.24) is 19.6 Å². The Labute approximate surface area is 177 Å². The molecule has 162 valence electrons. The largest absolute Gasteiger partial charge is 0.483 e. The van der Waals surface area contributed by atoms with Gasteiger partial charge in [0.2, 0.25) is 0 Å². The van der Waals surface area contributed by atoms with Crippen LogP contribution in [-0.2, 0) is 16.1 Å². The molecule has 1 aromatic heterocycles. The number of likely N-dealkylation sites (tertiary alicyclic amines) is 1. The zero-order valence-electron chi connectivity index (χ0n) is 17.4. The summed E-state index contributed by atoms with van der Waals surface area (Å²) in [5.41, 5.74) is 1.79. The van der Waals surface area contributed by atoms with Crippen LogP contribution in [0.15, 0.2) is 42.7 Å². The van der Waals surface area contributed by atoms with Gasteiger partial charge in [0.25, 0.3) is 12.4 Å². The molecule has 2 aliphatic heterocycles. The Balaban J connectivity index is 0.000000806. The Hall–Kier alpha value is -2.71. The Bertz CT molecular complexity index is 804. The van der Waals surface area contributed by atoms with E-state index >= 15 is 0 Å². The molecular formula is C22H30N4O4. The molecule has 2 saturated heterocycles. The lowest BCUT2D eigenvalue weighted by Crippen LogP contribution is -2.51. The first kappa shape index (κ1) is 22.0. The molecule has 3 heterocycles. The van der Waals surface area contributed by atoms with Gasteiger partial charge in [0.1, 0.15) is 0 Å². The van der Waals surface area contributed by atoms with Gasteiger partial charge in [-0.2, -0.15) is 5.10 Å². The summed E-state index contributed by atoms with van der Waals surface area (Å²) < 4.78 is 7.99. The molecule has 0 unspecified atom stereocenters. The minimum atomic E-state index is -0.250. The number of rotatable bonds is 5. The number of ether oxygens (including phenoxy) is 1. The molecule has 0 aliphatic carbocycles. The van der Waals surface area contributed by atoms with Crippen molar-refractivity contribution in [2.75, 3.05) is 32.8 Å². The van der Waals surface area contributed by atoms with E-state index in [1.165, 1.54) is 12.8 Å². The normalized spacial score (nSPS) is 21.7. The molecule has 2 aromatic rings. The highest BCUT2D eigenvalue weighted by molar-refractivity contribution is 5.94. The molecule has 2 aliphatic rings. The van der Waals surface area contributed by atoms with Crippen LogP contribution in [0, 0.1) is 0 Å². The number of carboxylic acid groups (broad SMARTS) is 1. The van der Waals surface area contributed by atoms with Crippen LogP contribution in [0.1, 0.15) is 41.7 Å². The van der Waals surface area contributed by atoms with Gasteiger partial charge < -0.3 is 19.6 Å². The average Bonchev–Trinajstić information content (AvgIpc) is 3.46. The number of hydrogen-bond acceptors (Lipinski definition) is 5. The molecule has 0 bridgehead atoms. The monoisotopic (exact) mass is 414 g/mol. The second kappa shape index (κ2) is 10.9. The molecule has 1 aromatic carbocycles. The first-order chi connectivity index (χ1) is 14.7. The molecule has 8 heteroatoms. The van der Waals surface area contributed by atoms with E-state index in [1.807, 2.05) is 36.2 Å². The van der Waals surface area contributed by atoms with Gasteiger partial charge in [0.15, 0.2) is 0 Å².